The van der Waals surface area contributed by atoms with Gasteiger partial charge in [0.05, 0.1) is 0 Å². The number of carbonyl (C=O) groups is 3. The van der Waals surface area contributed by atoms with E-state index in [0.29, 0.717) is 25.9 Å². The van der Waals surface area contributed by atoms with Gasteiger partial charge in [-0.2, -0.15) is 0 Å². The fraction of sp³-hybridized carbons (Fsp3) is 0.640. The Hall–Kier alpha value is -2.41. The molecule has 7 heteroatoms. The zero-order valence-electron chi connectivity index (χ0n) is 19.0. The molecule has 174 valence electrons. The van der Waals surface area contributed by atoms with E-state index in [4.69, 9.17) is 0 Å². The lowest BCUT2D eigenvalue weighted by molar-refractivity contribution is -0.131. The highest BCUT2D eigenvalue weighted by Crippen LogP contribution is 2.35. The van der Waals surface area contributed by atoms with Gasteiger partial charge in [0.25, 0.3) is 5.91 Å². The van der Waals surface area contributed by atoms with Crippen molar-refractivity contribution in [2.45, 2.75) is 82.8 Å². The Morgan fingerprint density at radius 3 is 2.28 bits per heavy atom. The van der Waals surface area contributed by atoms with Crippen LogP contribution in [0.15, 0.2) is 24.3 Å². The summed E-state index contributed by atoms with van der Waals surface area (Å²) in [6, 6.07) is 8.17. The van der Waals surface area contributed by atoms with E-state index in [1.54, 1.807) is 0 Å². The van der Waals surface area contributed by atoms with Crippen LogP contribution in [0.3, 0.4) is 0 Å². The van der Waals surface area contributed by atoms with Crippen molar-refractivity contribution in [2.75, 3.05) is 19.6 Å². The lowest BCUT2D eigenvalue weighted by Crippen LogP contribution is -2.44. The van der Waals surface area contributed by atoms with Crippen molar-refractivity contribution in [2.24, 2.45) is 0 Å². The van der Waals surface area contributed by atoms with Crippen molar-refractivity contribution in [3.8, 4) is 0 Å². The number of urea groups is 1. The Kier molecular flexibility index (Phi) is 7.45. The third-order valence-corrected chi connectivity index (χ3v) is 7.11. The molecule has 2 N–H and O–H groups in total. The van der Waals surface area contributed by atoms with E-state index in [1.807, 2.05) is 0 Å². The Morgan fingerprint density at radius 2 is 1.59 bits per heavy atom. The van der Waals surface area contributed by atoms with Gasteiger partial charge in [-0.1, -0.05) is 49.9 Å². The number of benzene rings is 1. The van der Waals surface area contributed by atoms with Gasteiger partial charge in [-0.25, -0.2) is 4.79 Å². The Labute approximate surface area is 190 Å². The number of imide groups is 1. The third kappa shape index (κ3) is 5.49. The van der Waals surface area contributed by atoms with Crippen molar-refractivity contribution in [3.63, 3.8) is 0 Å². The second-order valence-corrected chi connectivity index (χ2v) is 9.56. The van der Waals surface area contributed by atoms with E-state index < -0.39 is 5.54 Å². The number of nitrogens with zero attached hydrogens (tertiary/aromatic N) is 2. The minimum absolute atomic E-state index is 0.0544. The van der Waals surface area contributed by atoms with Crippen LogP contribution in [0.5, 0.6) is 0 Å². The summed E-state index contributed by atoms with van der Waals surface area (Å²) in [6.07, 6.45) is 9.46. The molecule has 4 rings (SSSR count). The van der Waals surface area contributed by atoms with E-state index in [9.17, 15) is 14.4 Å². The lowest BCUT2D eigenvalue weighted by atomic mass is 9.98. The lowest BCUT2D eigenvalue weighted by Gasteiger charge is -2.20. The molecule has 1 spiro atoms. The number of likely N-dealkylation sites (tertiary alicyclic amines) is 1. The van der Waals surface area contributed by atoms with Gasteiger partial charge in [0, 0.05) is 26.1 Å². The molecular formula is C25H36N4O3. The largest absolute Gasteiger partial charge is 0.352 e. The highest BCUT2D eigenvalue weighted by atomic mass is 16.2. The second-order valence-electron chi connectivity index (χ2n) is 9.56. The van der Waals surface area contributed by atoms with E-state index in [2.05, 4.69) is 39.8 Å². The molecule has 0 bridgehead atoms. The molecule has 1 saturated carbocycles. The molecule has 7 nitrogen and oxygen atoms in total. The molecule has 2 aliphatic heterocycles. The summed E-state index contributed by atoms with van der Waals surface area (Å²) in [7, 11) is 0. The van der Waals surface area contributed by atoms with E-state index >= 15 is 0 Å². The first-order chi connectivity index (χ1) is 15.6. The smallest absolute Gasteiger partial charge is 0.325 e. The van der Waals surface area contributed by atoms with Crippen LogP contribution in [-0.2, 0) is 22.7 Å². The maximum Gasteiger partial charge on any atom is 0.325 e. The molecule has 0 atom stereocenters. The number of nitrogens with one attached hydrogen (secondary N) is 2. The average Bonchev–Trinajstić information content (AvgIpc) is 3.23. The quantitative estimate of drug-likeness (QED) is 0.608. The summed E-state index contributed by atoms with van der Waals surface area (Å²) in [6.45, 7) is 4.16. The second kappa shape index (κ2) is 10.5. The minimum atomic E-state index is -0.668. The molecule has 2 heterocycles. The van der Waals surface area contributed by atoms with Gasteiger partial charge in [-0.15, -0.1) is 0 Å². The van der Waals surface area contributed by atoms with Crippen LogP contribution < -0.4 is 10.6 Å². The zero-order chi connectivity index (χ0) is 22.4. The molecule has 1 aromatic rings. The van der Waals surface area contributed by atoms with E-state index in [1.165, 1.54) is 49.2 Å². The maximum absolute atomic E-state index is 12.6. The van der Waals surface area contributed by atoms with Crippen LogP contribution in [-0.4, -0.2) is 52.8 Å². The molecular weight excluding hydrogens is 404 g/mol. The monoisotopic (exact) mass is 440 g/mol. The Morgan fingerprint density at radius 1 is 0.938 bits per heavy atom. The first-order valence-corrected chi connectivity index (χ1v) is 12.3. The summed E-state index contributed by atoms with van der Waals surface area (Å²) < 4.78 is 0. The fourth-order valence-electron chi connectivity index (χ4n) is 5.20. The molecule has 1 aromatic carbocycles. The first-order valence-electron chi connectivity index (χ1n) is 12.3. The zero-order valence-corrected chi connectivity index (χ0v) is 19.0. The predicted octanol–water partition coefficient (Wildman–Crippen LogP) is 3.32. The van der Waals surface area contributed by atoms with Crippen molar-refractivity contribution >= 4 is 17.8 Å². The highest BCUT2D eigenvalue weighted by molar-refractivity contribution is 6.07. The first kappa shape index (κ1) is 22.8. The summed E-state index contributed by atoms with van der Waals surface area (Å²) in [5.74, 6) is -0.165. The number of rotatable bonds is 8. The van der Waals surface area contributed by atoms with Crippen LogP contribution in [0, 0.1) is 0 Å². The van der Waals surface area contributed by atoms with E-state index in [0.717, 1.165) is 37.8 Å². The summed E-state index contributed by atoms with van der Waals surface area (Å²) in [5.41, 5.74) is 1.73. The van der Waals surface area contributed by atoms with Gasteiger partial charge in [0.15, 0.2) is 0 Å². The fourth-order valence-corrected chi connectivity index (χ4v) is 5.20. The van der Waals surface area contributed by atoms with Crippen molar-refractivity contribution in [1.82, 2.24) is 20.4 Å². The molecule has 1 aliphatic carbocycles. The topological polar surface area (TPSA) is 81.8 Å². The number of amides is 4. The summed E-state index contributed by atoms with van der Waals surface area (Å²) in [5, 5.41) is 5.83. The van der Waals surface area contributed by atoms with Crippen LogP contribution in [0.4, 0.5) is 4.79 Å². The van der Waals surface area contributed by atoms with Crippen molar-refractivity contribution in [1.29, 1.82) is 0 Å². The Bertz CT molecular complexity index is 809. The van der Waals surface area contributed by atoms with Crippen LogP contribution in [0.25, 0.3) is 0 Å². The normalized spacial score (nSPS) is 21.1. The molecule has 0 unspecified atom stereocenters. The van der Waals surface area contributed by atoms with Crippen LogP contribution in [0.1, 0.15) is 75.3 Å². The maximum atomic E-state index is 12.6. The van der Waals surface area contributed by atoms with Crippen molar-refractivity contribution in [3.05, 3.63) is 35.4 Å². The molecule has 0 aromatic heterocycles. The predicted molar refractivity (Wildman–Crippen MR) is 123 cm³/mol. The molecule has 3 aliphatic rings. The minimum Gasteiger partial charge on any atom is -0.352 e. The van der Waals surface area contributed by atoms with Crippen molar-refractivity contribution < 1.29 is 14.4 Å². The number of carbonyl (C=O) groups excluding carboxylic acids is 3. The van der Waals surface area contributed by atoms with Gasteiger partial charge in [-0.05, 0) is 56.3 Å². The van der Waals surface area contributed by atoms with Gasteiger partial charge in [0.1, 0.15) is 5.54 Å². The number of hydrogen-bond acceptors (Lipinski definition) is 4. The van der Waals surface area contributed by atoms with Gasteiger partial charge < -0.3 is 10.6 Å². The van der Waals surface area contributed by atoms with Crippen LogP contribution in [0.2, 0.25) is 0 Å². The average molecular weight is 441 g/mol. The Balaban J connectivity index is 1.16. The molecule has 0 radical (unpaired) electrons. The number of hydrogen-bond donors (Lipinski definition) is 2. The van der Waals surface area contributed by atoms with Gasteiger partial charge >= 0.3 is 6.03 Å². The van der Waals surface area contributed by atoms with E-state index in [-0.39, 0.29) is 17.8 Å². The summed E-state index contributed by atoms with van der Waals surface area (Å²) >= 11 is 0. The third-order valence-electron chi connectivity index (χ3n) is 7.11. The van der Waals surface area contributed by atoms with Crippen LogP contribution >= 0.6 is 0 Å². The molecule has 3 fully saturated rings. The van der Waals surface area contributed by atoms with Gasteiger partial charge in [-0.3, -0.25) is 19.4 Å². The molecule has 32 heavy (non-hydrogen) atoms. The SMILES string of the molecule is O=C(CCCN1C(=O)NC2(CCCC2)C1=O)NCc1ccc(CN2CCCCCC2)cc1. The highest BCUT2D eigenvalue weighted by Gasteiger charge is 2.52. The molecule has 2 saturated heterocycles. The molecule has 4 amide bonds. The standard InChI is InChI=1S/C25H36N4O3/c30-22(8-7-17-29-23(31)25(27-24(29)32)13-3-4-14-25)26-18-20-9-11-21(12-10-20)19-28-15-5-1-2-6-16-28/h9-12H,1-8,13-19H2,(H,26,30)(H,27,32). The summed E-state index contributed by atoms with van der Waals surface area (Å²) in [4.78, 5) is 40.9. The van der Waals surface area contributed by atoms with Gasteiger partial charge in [0.2, 0.25) is 5.91 Å².